The van der Waals surface area contributed by atoms with E-state index in [0.717, 1.165) is 0 Å². The van der Waals surface area contributed by atoms with Crippen LogP contribution in [0.1, 0.15) is 0 Å². The van der Waals surface area contributed by atoms with Gasteiger partial charge in [0.2, 0.25) is 0 Å². The van der Waals surface area contributed by atoms with Crippen LogP contribution in [0.5, 0.6) is 11.5 Å². The molecular weight excluding hydrogens is 266 g/mol. The number of aromatic nitrogens is 3. The first kappa shape index (κ1) is 13.1. The number of anilines is 1. The van der Waals surface area contributed by atoms with E-state index in [1.807, 2.05) is 0 Å². The predicted octanol–water partition coefficient (Wildman–Crippen LogP) is 1.24. The number of rotatable bonds is 4. The van der Waals surface area contributed by atoms with E-state index in [-0.39, 0.29) is 0 Å². The molecule has 0 atom stereocenters. The standard InChI is InChI=1S/C11H13N5O2S/c1-17-8-3-4-10(18-2)9(5-8)14-11(19)15-16-6-12-13-7-16/h3-7H,1-2H3,(H2,14,15,19). The average Bonchev–Trinajstić information content (AvgIpc) is 2.91. The van der Waals surface area contributed by atoms with Crippen LogP contribution in [0, 0.1) is 0 Å². The van der Waals surface area contributed by atoms with E-state index in [4.69, 9.17) is 21.7 Å². The van der Waals surface area contributed by atoms with Gasteiger partial charge in [-0.2, -0.15) is 0 Å². The third kappa shape index (κ3) is 3.32. The summed E-state index contributed by atoms with van der Waals surface area (Å²) in [5.74, 6) is 1.36. The maximum absolute atomic E-state index is 5.24. The van der Waals surface area contributed by atoms with E-state index in [2.05, 4.69) is 20.9 Å². The molecule has 0 aliphatic heterocycles. The van der Waals surface area contributed by atoms with Gasteiger partial charge in [0.15, 0.2) is 5.11 Å². The summed E-state index contributed by atoms with van der Waals surface area (Å²) in [6, 6.07) is 5.39. The zero-order valence-electron chi connectivity index (χ0n) is 10.5. The Labute approximate surface area is 115 Å². The average molecular weight is 279 g/mol. The maximum Gasteiger partial charge on any atom is 0.190 e. The van der Waals surface area contributed by atoms with Crippen molar-refractivity contribution in [2.75, 3.05) is 25.0 Å². The highest BCUT2D eigenvalue weighted by Crippen LogP contribution is 2.28. The van der Waals surface area contributed by atoms with E-state index in [1.165, 1.54) is 17.3 Å². The summed E-state index contributed by atoms with van der Waals surface area (Å²) in [5, 5.41) is 10.7. The van der Waals surface area contributed by atoms with Crippen molar-refractivity contribution in [2.45, 2.75) is 0 Å². The van der Waals surface area contributed by atoms with Gasteiger partial charge in [-0.15, -0.1) is 10.2 Å². The van der Waals surface area contributed by atoms with E-state index >= 15 is 0 Å². The second-order valence-electron chi connectivity index (χ2n) is 3.50. The van der Waals surface area contributed by atoms with E-state index in [9.17, 15) is 0 Å². The zero-order chi connectivity index (χ0) is 13.7. The largest absolute Gasteiger partial charge is 0.497 e. The molecule has 0 aliphatic rings. The second-order valence-corrected chi connectivity index (χ2v) is 3.91. The van der Waals surface area contributed by atoms with Crippen LogP contribution in [-0.2, 0) is 0 Å². The van der Waals surface area contributed by atoms with Crippen molar-refractivity contribution in [3.63, 3.8) is 0 Å². The van der Waals surface area contributed by atoms with Crippen molar-refractivity contribution in [3.8, 4) is 11.5 Å². The number of methoxy groups -OCH3 is 2. The van der Waals surface area contributed by atoms with E-state index < -0.39 is 0 Å². The molecule has 2 N–H and O–H groups in total. The Morgan fingerprint density at radius 2 is 1.95 bits per heavy atom. The topological polar surface area (TPSA) is 73.2 Å². The molecule has 100 valence electrons. The molecule has 19 heavy (non-hydrogen) atoms. The van der Waals surface area contributed by atoms with Gasteiger partial charge in [0, 0.05) is 6.07 Å². The van der Waals surface area contributed by atoms with Gasteiger partial charge < -0.3 is 14.8 Å². The van der Waals surface area contributed by atoms with Crippen LogP contribution in [-0.4, -0.2) is 34.2 Å². The second kappa shape index (κ2) is 6.01. The van der Waals surface area contributed by atoms with Crippen molar-refractivity contribution < 1.29 is 9.47 Å². The van der Waals surface area contributed by atoms with Gasteiger partial charge in [0.25, 0.3) is 0 Å². The first-order chi connectivity index (χ1) is 9.22. The molecule has 0 radical (unpaired) electrons. The first-order valence-corrected chi connectivity index (χ1v) is 5.78. The summed E-state index contributed by atoms with van der Waals surface area (Å²) in [7, 11) is 3.18. The molecule has 0 fully saturated rings. The highest BCUT2D eigenvalue weighted by atomic mass is 32.1. The summed E-state index contributed by atoms with van der Waals surface area (Å²) in [6.07, 6.45) is 2.99. The molecule has 0 aliphatic carbocycles. The summed E-state index contributed by atoms with van der Waals surface area (Å²) < 4.78 is 11.9. The number of ether oxygens (including phenoxy) is 2. The van der Waals surface area contributed by atoms with E-state index in [1.54, 1.807) is 32.4 Å². The number of hydrogen-bond acceptors (Lipinski definition) is 5. The summed E-state index contributed by atoms with van der Waals surface area (Å²) in [4.78, 5) is 0. The normalized spacial score (nSPS) is 9.79. The monoisotopic (exact) mass is 279 g/mol. The van der Waals surface area contributed by atoms with Crippen molar-refractivity contribution in [2.24, 2.45) is 0 Å². The minimum Gasteiger partial charge on any atom is -0.497 e. The van der Waals surface area contributed by atoms with Gasteiger partial charge in [-0.25, -0.2) is 4.68 Å². The van der Waals surface area contributed by atoms with E-state index in [0.29, 0.717) is 22.3 Å². The lowest BCUT2D eigenvalue weighted by atomic mass is 10.2. The molecule has 0 spiro atoms. The zero-order valence-corrected chi connectivity index (χ0v) is 11.3. The molecule has 1 aromatic carbocycles. The number of thiocarbonyl (C=S) groups is 1. The lowest BCUT2D eigenvalue weighted by Gasteiger charge is -2.14. The van der Waals surface area contributed by atoms with Crippen molar-refractivity contribution in [1.82, 2.24) is 14.9 Å². The third-order valence-electron chi connectivity index (χ3n) is 2.30. The lowest BCUT2D eigenvalue weighted by Crippen LogP contribution is -2.26. The summed E-state index contributed by atoms with van der Waals surface area (Å²) in [6.45, 7) is 0. The highest BCUT2D eigenvalue weighted by Gasteiger charge is 2.07. The molecule has 0 saturated heterocycles. The minimum atomic E-state index is 0.381. The molecule has 0 unspecified atom stereocenters. The minimum absolute atomic E-state index is 0.381. The van der Waals surface area contributed by atoms with Crippen molar-refractivity contribution >= 4 is 23.0 Å². The molecule has 8 heteroatoms. The van der Waals surface area contributed by atoms with Crippen LogP contribution in [0.25, 0.3) is 0 Å². The number of benzene rings is 1. The molecule has 0 saturated carbocycles. The molecule has 7 nitrogen and oxygen atoms in total. The van der Waals surface area contributed by atoms with Gasteiger partial charge in [0.1, 0.15) is 24.2 Å². The molecule has 0 amide bonds. The SMILES string of the molecule is COc1ccc(OC)c(NC(=S)Nn2cnnc2)c1. The summed E-state index contributed by atoms with van der Waals surface area (Å²) >= 11 is 5.18. The van der Waals surface area contributed by atoms with Crippen LogP contribution in [0.15, 0.2) is 30.9 Å². The summed E-state index contributed by atoms with van der Waals surface area (Å²) in [5.41, 5.74) is 3.58. The van der Waals surface area contributed by atoms with Crippen LogP contribution < -0.4 is 20.2 Å². The molecule has 1 aromatic heterocycles. The van der Waals surface area contributed by atoms with Gasteiger partial charge in [0.05, 0.1) is 19.9 Å². The molecule has 2 rings (SSSR count). The molecule has 2 aromatic rings. The van der Waals surface area contributed by atoms with Crippen molar-refractivity contribution in [1.29, 1.82) is 0 Å². The quantitative estimate of drug-likeness (QED) is 0.816. The van der Waals surface area contributed by atoms with Crippen LogP contribution in [0.2, 0.25) is 0 Å². The fourth-order valence-corrected chi connectivity index (χ4v) is 1.65. The Hall–Kier alpha value is -2.35. The number of nitrogens with one attached hydrogen (secondary N) is 2. The van der Waals surface area contributed by atoms with Gasteiger partial charge in [-0.05, 0) is 24.4 Å². The Bertz CT molecular complexity index is 558. The molecular formula is C11H13N5O2S. The Kier molecular flexibility index (Phi) is 4.14. The van der Waals surface area contributed by atoms with Gasteiger partial charge in [-0.3, -0.25) is 5.43 Å². The third-order valence-corrected chi connectivity index (χ3v) is 2.50. The fraction of sp³-hybridized carbons (Fsp3) is 0.182. The smallest absolute Gasteiger partial charge is 0.190 e. The maximum atomic E-state index is 5.24. The van der Waals surface area contributed by atoms with Crippen LogP contribution in [0.4, 0.5) is 5.69 Å². The van der Waals surface area contributed by atoms with Crippen LogP contribution in [0.3, 0.4) is 0 Å². The Morgan fingerprint density at radius 3 is 2.58 bits per heavy atom. The molecule has 1 heterocycles. The van der Waals surface area contributed by atoms with Gasteiger partial charge >= 0.3 is 0 Å². The number of hydrogen-bond donors (Lipinski definition) is 2. The first-order valence-electron chi connectivity index (χ1n) is 5.37. The Morgan fingerprint density at radius 1 is 1.21 bits per heavy atom. The Balaban J connectivity index is 2.10. The van der Waals surface area contributed by atoms with Crippen molar-refractivity contribution in [3.05, 3.63) is 30.9 Å². The van der Waals surface area contributed by atoms with Gasteiger partial charge in [-0.1, -0.05) is 0 Å². The fourth-order valence-electron chi connectivity index (χ4n) is 1.44. The molecule has 0 bridgehead atoms. The lowest BCUT2D eigenvalue weighted by molar-refractivity contribution is 0.405. The number of nitrogens with zero attached hydrogens (tertiary/aromatic N) is 3. The predicted molar refractivity (Wildman–Crippen MR) is 75.1 cm³/mol. The van der Waals surface area contributed by atoms with Crippen LogP contribution >= 0.6 is 12.2 Å². The highest BCUT2D eigenvalue weighted by molar-refractivity contribution is 7.80.